The van der Waals surface area contributed by atoms with E-state index in [9.17, 15) is 4.79 Å². The zero-order valence-electron chi connectivity index (χ0n) is 9.85. The van der Waals surface area contributed by atoms with Gasteiger partial charge >= 0.3 is 5.97 Å². The second kappa shape index (κ2) is 5.77. The van der Waals surface area contributed by atoms with Gasteiger partial charge in [0.1, 0.15) is 5.69 Å². The molecule has 4 heteroatoms. The number of nitrogens with zero attached hydrogens (tertiary/aromatic N) is 1. The van der Waals surface area contributed by atoms with Crippen molar-refractivity contribution in [3.8, 4) is 0 Å². The fourth-order valence-electron chi connectivity index (χ4n) is 2.00. The first-order chi connectivity index (χ1) is 8.25. The van der Waals surface area contributed by atoms with E-state index in [4.69, 9.17) is 5.11 Å². The van der Waals surface area contributed by atoms with Crippen LogP contribution in [-0.4, -0.2) is 22.6 Å². The Bertz CT molecular complexity index is 389. The van der Waals surface area contributed by atoms with Crippen LogP contribution in [0.4, 0.5) is 0 Å². The maximum atomic E-state index is 10.7. The van der Waals surface area contributed by atoms with Crippen molar-refractivity contribution < 1.29 is 9.90 Å². The van der Waals surface area contributed by atoms with Gasteiger partial charge in [0, 0.05) is 6.54 Å². The van der Waals surface area contributed by atoms with Crippen LogP contribution in [0.1, 0.15) is 41.9 Å². The largest absolute Gasteiger partial charge is 0.477 e. The third kappa shape index (κ3) is 3.53. The fourth-order valence-corrected chi connectivity index (χ4v) is 2.00. The molecule has 4 nitrogen and oxygen atoms in total. The summed E-state index contributed by atoms with van der Waals surface area (Å²) in [7, 11) is 0. The molecule has 1 aromatic heterocycles. The summed E-state index contributed by atoms with van der Waals surface area (Å²) < 4.78 is 0. The Morgan fingerprint density at radius 3 is 2.94 bits per heavy atom. The molecular weight excluding hydrogens is 216 g/mol. The SMILES string of the molecule is O=C(O)c1cccc(CNCCC2CCC2)n1. The minimum Gasteiger partial charge on any atom is -0.477 e. The number of hydrogen-bond acceptors (Lipinski definition) is 3. The van der Waals surface area contributed by atoms with Crippen molar-refractivity contribution in [3.05, 3.63) is 29.6 Å². The summed E-state index contributed by atoms with van der Waals surface area (Å²) in [6.45, 7) is 1.64. The molecule has 2 N–H and O–H groups in total. The molecule has 0 bridgehead atoms. The fraction of sp³-hybridized carbons (Fsp3) is 0.538. The molecule has 0 spiro atoms. The van der Waals surface area contributed by atoms with Gasteiger partial charge in [-0.15, -0.1) is 0 Å². The molecule has 1 heterocycles. The zero-order chi connectivity index (χ0) is 12.1. The smallest absolute Gasteiger partial charge is 0.354 e. The van der Waals surface area contributed by atoms with Gasteiger partial charge < -0.3 is 10.4 Å². The molecule has 0 aromatic carbocycles. The van der Waals surface area contributed by atoms with Crippen molar-refractivity contribution in [1.82, 2.24) is 10.3 Å². The molecule has 92 valence electrons. The standard InChI is InChI=1S/C13H18N2O2/c16-13(17)12-6-2-5-11(15-12)9-14-8-7-10-3-1-4-10/h2,5-6,10,14H,1,3-4,7-9H2,(H,16,17). The van der Waals surface area contributed by atoms with Gasteiger partial charge in [-0.3, -0.25) is 0 Å². The Hall–Kier alpha value is -1.42. The van der Waals surface area contributed by atoms with E-state index < -0.39 is 5.97 Å². The topological polar surface area (TPSA) is 62.2 Å². The van der Waals surface area contributed by atoms with Crippen LogP contribution in [0.15, 0.2) is 18.2 Å². The number of hydrogen-bond donors (Lipinski definition) is 2. The third-order valence-electron chi connectivity index (χ3n) is 3.29. The second-order valence-electron chi connectivity index (χ2n) is 4.58. The number of nitrogens with one attached hydrogen (secondary N) is 1. The van der Waals surface area contributed by atoms with Gasteiger partial charge in [0.2, 0.25) is 0 Å². The summed E-state index contributed by atoms with van der Waals surface area (Å²) in [5.74, 6) is -0.0675. The third-order valence-corrected chi connectivity index (χ3v) is 3.29. The number of aromatic nitrogens is 1. The number of carboxylic acid groups (broad SMARTS) is 1. The van der Waals surface area contributed by atoms with E-state index in [0.717, 1.165) is 18.2 Å². The minimum atomic E-state index is -0.971. The minimum absolute atomic E-state index is 0.114. The van der Waals surface area contributed by atoms with Crippen molar-refractivity contribution in [3.63, 3.8) is 0 Å². The summed E-state index contributed by atoms with van der Waals surface area (Å²) in [5.41, 5.74) is 0.904. The van der Waals surface area contributed by atoms with E-state index in [0.29, 0.717) is 6.54 Å². The van der Waals surface area contributed by atoms with E-state index >= 15 is 0 Å². The predicted octanol–water partition coefficient (Wildman–Crippen LogP) is 2.06. The predicted molar refractivity (Wildman–Crippen MR) is 64.9 cm³/mol. The van der Waals surface area contributed by atoms with Crippen LogP contribution in [0.2, 0.25) is 0 Å². The van der Waals surface area contributed by atoms with E-state index in [1.165, 1.54) is 31.7 Å². The van der Waals surface area contributed by atoms with Crippen LogP contribution in [0.5, 0.6) is 0 Å². The van der Waals surface area contributed by atoms with E-state index in [1.54, 1.807) is 6.07 Å². The number of aromatic carboxylic acids is 1. The van der Waals surface area contributed by atoms with Crippen molar-refractivity contribution >= 4 is 5.97 Å². The molecule has 1 fully saturated rings. The van der Waals surface area contributed by atoms with Crippen LogP contribution in [-0.2, 0) is 6.54 Å². The van der Waals surface area contributed by atoms with Crippen LogP contribution in [0, 0.1) is 5.92 Å². The molecule has 0 aliphatic heterocycles. The quantitative estimate of drug-likeness (QED) is 0.740. The molecule has 1 saturated carbocycles. The lowest BCUT2D eigenvalue weighted by atomic mass is 9.83. The Kier molecular flexibility index (Phi) is 4.09. The van der Waals surface area contributed by atoms with Gasteiger partial charge in [0.25, 0.3) is 0 Å². The summed E-state index contributed by atoms with van der Waals surface area (Å²) >= 11 is 0. The van der Waals surface area contributed by atoms with Crippen molar-refractivity contribution in [2.45, 2.75) is 32.2 Å². The molecule has 1 aliphatic rings. The van der Waals surface area contributed by atoms with Gasteiger partial charge in [-0.05, 0) is 31.0 Å². The Morgan fingerprint density at radius 2 is 2.29 bits per heavy atom. The zero-order valence-corrected chi connectivity index (χ0v) is 9.85. The number of carboxylic acids is 1. The first kappa shape index (κ1) is 12.0. The average molecular weight is 234 g/mol. The maximum Gasteiger partial charge on any atom is 0.354 e. The van der Waals surface area contributed by atoms with Crippen LogP contribution in [0.25, 0.3) is 0 Å². The van der Waals surface area contributed by atoms with Crippen LogP contribution < -0.4 is 5.32 Å². The number of rotatable bonds is 6. The lowest BCUT2D eigenvalue weighted by molar-refractivity contribution is 0.0690. The van der Waals surface area contributed by atoms with Crippen molar-refractivity contribution in [2.75, 3.05) is 6.54 Å². The number of carbonyl (C=O) groups is 1. The van der Waals surface area contributed by atoms with Gasteiger partial charge in [-0.2, -0.15) is 0 Å². The van der Waals surface area contributed by atoms with Crippen LogP contribution >= 0.6 is 0 Å². The van der Waals surface area contributed by atoms with Gasteiger partial charge in [-0.1, -0.05) is 25.3 Å². The molecule has 1 aliphatic carbocycles. The second-order valence-corrected chi connectivity index (χ2v) is 4.58. The normalized spacial score (nSPS) is 15.5. The molecule has 0 unspecified atom stereocenters. The Labute approximate surface area is 101 Å². The molecule has 17 heavy (non-hydrogen) atoms. The lowest BCUT2D eigenvalue weighted by Crippen LogP contribution is -2.21. The highest BCUT2D eigenvalue weighted by molar-refractivity contribution is 5.85. The summed E-state index contributed by atoms with van der Waals surface area (Å²) in [5, 5.41) is 12.1. The Morgan fingerprint density at radius 1 is 1.47 bits per heavy atom. The summed E-state index contributed by atoms with van der Waals surface area (Å²) in [4.78, 5) is 14.8. The highest BCUT2D eigenvalue weighted by atomic mass is 16.4. The molecular formula is C13H18N2O2. The van der Waals surface area contributed by atoms with Crippen molar-refractivity contribution in [2.24, 2.45) is 5.92 Å². The lowest BCUT2D eigenvalue weighted by Gasteiger charge is -2.25. The molecule has 2 rings (SSSR count). The first-order valence-electron chi connectivity index (χ1n) is 6.15. The molecule has 0 radical (unpaired) electrons. The number of pyridine rings is 1. The summed E-state index contributed by atoms with van der Waals surface area (Å²) in [6.07, 6.45) is 5.34. The van der Waals surface area contributed by atoms with Crippen LogP contribution in [0.3, 0.4) is 0 Å². The summed E-state index contributed by atoms with van der Waals surface area (Å²) in [6, 6.07) is 5.10. The average Bonchev–Trinajstić information content (AvgIpc) is 2.27. The van der Waals surface area contributed by atoms with E-state index in [2.05, 4.69) is 10.3 Å². The van der Waals surface area contributed by atoms with Gasteiger partial charge in [-0.25, -0.2) is 9.78 Å². The van der Waals surface area contributed by atoms with Crippen molar-refractivity contribution in [1.29, 1.82) is 0 Å². The van der Waals surface area contributed by atoms with Gasteiger partial charge in [0.15, 0.2) is 0 Å². The Balaban J connectivity index is 1.73. The highest BCUT2D eigenvalue weighted by Crippen LogP contribution is 2.28. The molecule has 0 atom stereocenters. The molecule has 1 aromatic rings. The highest BCUT2D eigenvalue weighted by Gasteiger charge is 2.16. The van der Waals surface area contributed by atoms with E-state index in [1.807, 2.05) is 6.07 Å². The first-order valence-corrected chi connectivity index (χ1v) is 6.15. The monoisotopic (exact) mass is 234 g/mol. The van der Waals surface area contributed by atoms with E-state index in [-0.39, 0.29) is 5.69 Å². The molecule has 0 amide bonds. The maximum absolute atomic E-state index is 10.7. The van der Waals surface area contributed by atoms with Gasteiger partial charge in [0.05, 0.1) is 5.69 Å². The molecule has 0 saturated heterocycles.